The molecule has 0 fully saturated rings. The van der Waals surface area contributed by atoms with Gasteiger partial charge in [0, 0.05) is 28.9 Å². The zero-order chi connectivity index (χ0) is 27.8. The summed E-state index contributed by atoms with van der Waals surface area (Å²) in [6.45, 7) is 0. The van der Waals surface area contributed by atoms with Crippen molar-refractivity contribution in [2.45, 2.75) is 0 Å². The van der Waals surface area contributed by atoms with Gasteiger partial charge < -0.3 is 4.57 Å². The smallest absolute Gasteiger partial charge is 0.0495 e. The fourth-order valence-electron chi connectivity index (χ4n) is 7.14. The molecule has 0 unspecified atom stereocenters. The molecule has 9 aromatic rings. The molecule has 0 aliphatic carbocycles. The molecule has 8 aromatic carbocycles. The number of nitrogens with zero attached hydrogens (tertiary/aromatic N) is 1. The van der Waals surface area contributed by atoms with Gasteiger partial charge in [-0.1, -0.05) is 115 Å². The van der Waals surface area contributed by atoms with Gasteiger partial charge in [0.1, 0.15) is 0 Å². The Morgan fingerprint density at radius 3 is 1.40 bits per heavy atom. The maximum Gasteiger partial charge on any atom is 0.0495 e. The van der Waals surface area contributed by atoms with Crippen LogP contribution in [0, 0.1) is 0 Å². The SMILES string of the molecule is Cn1c2ccccc2c2cc3c(-c4ccc5ccccc5c4)c4ccccc4c(-c4ccc5ccccc5c4)c3cc21. The van der Waals surface area contributed by atoms with Gasteiger partial charge in [-0.3, -0.25) is 0 Å². The molecule has 1 heterocycles. The van der Waals surface area contributed by atoms with Crippen molar-refractivity contribution in [3.8, 4) is 22.3 Å². The summed E-state index contributed by atoms with van der Waals surface area (Å²) in [6, 6.07) is 53.8. The molecular formula is C41H27N. The van der Waals surface area contributed by atoms with Crippen LogP contribution in [0.15, 0.2) is 146 Å². The maximum absolute atomic E-state index is 2.45. The van der Waals surface area contributed by atoms with Crippen molar-refractivity contribution < 1.29 is 0 Å². The highest BCUT2D eigenvalue weighted by Crippen LogP contribution is 2.46. The molecule has 0 bridgehead atoms. The van der Waals surface area contributed by atoms with Gasteiger partial charge in [-0.25, -0.2) is 0 Å². The lowest BCUT2D eigenvalue weighted by atomic mass is 9.84. The van der Waals surface area contributed by atoms with Gasteiger partial charge in [0.15, 0.2) is 0 Å². The fourth-order valence-corrected chi connectivity index (χ4v) is 7.14. The predicted octanol–water partition coefficient (Wildman–Crippen LogP) is 11.3. The number of fused-ring (bicyclic) bond motifs is 7. The first-order valence-corrected chi connectivity index (χ1v) is 14.6. The number of aromatic nitrogens is 1. The molecule has 0 aliphatic rings. The van der Waals surface area contributed by atoms with Crippen molar-refractivity contribution in [2.75, 3.05) is 0 Å². The second-order valence-corrected chi connectivity index (χ2v) is 11.4. The second-order valence-electron chi connectivity index (χ2n) is 11.4. The summed E-state index contributed by atoms with van der Waals surface area (Å²) in [5.41, 5.74) is 7.60. The van der Waals surface area contributed by atoms with E-state index in [-0.39, 0.29) is 0 Å². The number of hydrogen-bond donors (Lipinski definition) is 0. The van der Waals surface area contributed by atoms with Crippen LogP contribution >= 0.6 is 0 Å². The molecule has 0 radical (unpaired) electrons. The molecule has 1 nitrogen and oxygen atoms in total. The van der Waals surface area contributed by atoms with Crippen molar-refractivity contribution in [3.63, 3.8) is 0 Å². The van der Waals surface area contributed by atoms with Crippen LogP contribution in [0.1, 0.15) is 0 Å². The molecule has 0 N–H and O–H groups in total. The lowest BCUT2D eigenvalue weighted by molar-refractivity contribution is 1.02. The molecule has 0 spiro atoms. The molecule has 9 rings (SSSR count). The summed E-state index contributed by atoms with van der Waals surface area (Å²) in [6.07, 6.45) is 0. The zero-order valence-electron chi connectivity index (χ0n) is 23.3. The van der Waals surface area contributed by atoms with Gasteiger partial charge in [0.05, 0.1) is 0 Å². The summed E-state index contributed by atoms with van der Waals surface area (Å²) in [5.74, 6) is 0. The third-order valence-electron chi connectivity index (χ3n) is 9.13. The second kappa shape index (κ2) is 8.80. The lowest BCUT2D eigenvalue weighted by Crippen LogP contribution is -1.93. The zero-order valence-corrected chi connectivity index (χ0v) is 23.3. The first kappa shape index (κ1) is 23.3. The van der Waals surface area contributed by atoms with E-state index in [1.165, 1.54) is 87.1 Å². The van der Waals surface area contributed by atoms with Crippen molar-refractivity contribution in [3.05, 3.63) is 146 Å². The number of hydrogen-bond acceptors (Lipinski definition) is 0. The van der Waals surface area contributed by atoms with Crippen molar-refractivity contribution in [1.29, 1.82) is 0 Å². The molecule has 0 saturated carbocycles. The summed E-state index contributed by atoms with van der Waals surface area (Å²) >= 11 is 0. The van der Waals surface area contributed by atoms with E-state index in [0.717, 1.165) is 0 Å². The van der Waals surface area contributed by atoms with Crippen LogP contribution in [0.2, 0.25) is 0 Å². The Labute approximate surface area is 243 Å². The summed E-state index contributed by atoms with van der Waals surface area (Å²) in [5, 5.41) is 12.8. The molecule has 0 aliphatic heterocycles. The van der Waals surface area contributed by atoms with Crippen LogP contribution in [0.25, 0.3) is 87.1 Å². The molecule has 1 aromatic heterocycles. The first-order valence-electron chi connectivity index (χ1n) is 14.6. The van der Waals surface area contributed by atoms with Gasteiger partial charge >= 0.3 is 0 Å². The summed E-state index contributed by atoms with van der Waals surface area (Å²) in [7, 11) is 2.19. The minimum atomic E-state index is 1.25. The number of para-hydroxylation sites is 1. The number of rotatable bonds is 2. The largest absolute Gasteiger partial charge is 0.344 e. The normalized spacial score (nSPS) is 11.9. The molecule has 42 heavy (non-hydrogen) atoms. The van der Waals surface area contributed by atoms with Crippen LogP contribution < -0.4 is 0 Å². The fraction of sp³-hybridized carbons (Fsp3) is 0.0244. The first-order chi connectivity index (χ1) is 20.7. The van der Waals surface area contributed by atoms with Crippen LogP contribution in [0.4, 0.5) is 0 Å². The molecule has 0 saturated heterocycles. The van der Waals surface area contributed by atoms with Gasteiger partial charge in [0.2, 0.25) is 0 Å². The van der Waals surface area contributed by atoms with Gasteiger partial charge in [-0.15, -0.1) is 0 Å². The van der Waals surface area contributed by atoms with E-state index in [9.17, 15) is 0 Å². The molecular weight excluding hydrogens is 506 g/mol. The van der Waals surface area contributed by atoms with Crippen LogP contribution in [0.3, 0.4) is 0 Å². The number of aryl methyl sites for hydroxylation is 1. The van der Waals surface area contributed by atoms with E-state index in [1.54, 1.807) is 0 Å². The van der Waals surface area contributed by atoms with Crippen LogP contribution in [-0.4, -0.2) is 4.57 Å². The van der Waals surface area contributed by atoms with Crippen LogP contribution in [-0.2, 0) is 7.05 Å². The Balaban J connectivity index is 1.50. The van der Waals surface area contributed by atoms with E-state index >= 15 is 0 Å². The Bertz CT molecular complexity index is 2530. The van der Waals surface area contributed by atoms with Gasteiger partial charge in [0.25, 0.3) is 0 Å². The lowest BCUT2D eigenvalue weighted by Gasteiger charge is -2.19. The number of benzene rings is 8. The average Bonchev–Trinajstić information content (AvgIpc) is 3.32. The summed E-state index contributed by atoms with van der Waals surface area (Å²) < 4.78 is 2.35. The Kier molecular flexibility index (Phi) is 4.88. The van der Waals surface area contributed by atoms with E-state index in [1.807, 2.05) is 0 Å². The van der Waals surface area contributed by atoms with E-state index < -0.39 is 0 Å². The highest BCUT2D eigenvalue weighted by Gasteiger charge is 2.20. The Hall–Kier alpha value is -5.40. The highest BCUT2D eigenvalue weighted by atomic mass is 14.9. The quantitative estimate of drug-likeness (QED) is 0.195. The van der Waals surface area contributed by atoms with E-state index in [2.05, 4.69) is 157 Å². The Morgan fingerprint density at radius 2 is 0.810 bits per heavy atom. The topological polar surface area (TPSA) is 4.93 Å². The third-order valence-corrected chi connectivity index (χ3v) is 9.13. The summed E-state index contributed by atoms with van der Waals surface area (Å²) in [4.78, 5) is 0. The average molecular weight is 534 g/mol. The molecule has 1 heteroatoms. The molecule has 0 atom stereocenters. The standard InChI is InChI=1S/C41H27N/c1-42-38-17-9-8-14-32(38)35-24-36-37(25-39(35)42)41(31-21-19-27-11-3-5-13-29(27)23-31)34-16-7-6-15-33(34)40(36)30-20-18-26-10-2-4-12-28(26)22-30/h2-25H,1H3. The van der Waals surface area contributed by atoms with Crippen molar-refractivity contribution >= 4 is 64.9 Å². The maximum atomic E-state index is 2.45. The monoisotopic (exact) mass is 533 g/mol. The molecule has 0 amide bonds. The minimum absolute atomic E-state index is 1.25. The van der Waals surface area contributed by atoms with E-state index in [0.29, 0.717) is 0 Å². The van der Waals surface area contributed by atoms with Crippen molar-refractivity contribution in [1.82, 2.24) is 4.57 Å². The highest BCUT2D eigenvalue weighted by molar-refractivity contribution is 6.26. The Morgan fingerprint density at radius 1 is 0.333 bits per heavy atom. The van der Waals surface area contributed by atoms with E-state index in [4.69, 9.17) is 0 Å². The van der Waals surface area contributed by atoms with Crippen molar-refractivity contribution in [2.24, 2.45) is 7.05 Å². The minimum Gasteiger partial charge on any atom is -0.344 e. The molecule has 196 valence electrons. The van der Waals surface area contributed by atoms with Crippen LogP contribution in [0.5, 0.6) is 0 Å². The van der Waals surface area contributed by atoms with Gasteiger partial charge in [-0.2, -0.15) is 0 Å². The third kappa shape index (κ3) is 3.31. The predicted molar refractivity (Wildman–Crippen MR) is 181 cm³/mol. The van der Waals surface area contributed by atoms with Gasteiger partial charge in [-0.05, 0) is 95.7 Å².